The molecule has 1 aromatic heterocycles. The van der Waals surface area contributed by atoms with Gasteiger partial charge in [0.1, 0.15) is 0 Å². The van der Waals surface area contributed by atoms with Crippen LogP contribution < -0.4 is 11.0 Å². The molecule has 0 radical (unpaired) electrons. The summed E-state index contributed by atoms with van der Waals surface area (Å²) in [7, 11) is 0. The number of fused-ring (bicyclic) bond motifs is 1. The van der Waals surface area contributed by atoms with E-state index in [2.05, 4.69) is 0 Å². The standard InChI is InChI=1S/C12H4F6N2O5/c13-11(14,15)3-1-4(12(16,17)18)6-5(2-3)19-10(23)9(22)7(8(6)21)20(24)25/h1-2,22H,(H,19,23). The summed E-state index contributed by atoms with van der Waals surface area (Å²) < 4.78 is 77.6. The quantitative estimate of drug-likeness (QED) is 0.455. The average molecular weight is 370 g/mol. The van der Waals surface area contributed by atoms with Gasteiger partial charge in [0.25, 0.3) is 16.7 Å². The van der Waals surface area contributed by atoms with Gasteiger partial charge in [0.15, 0.2) is 0 Å². The lowest BCUT2D eigenvalue weighted by atomic mass is 10.0. The number of alkyl halides is 6. The number of rotatable bonds is 1. The number of aromatic nitrogens is 1. The highest BCUT2D eigenvalue weighted by molar-refractivity contribution is 5.85. The Morgan fingerprint density at radius 1 is 1.04 bits per heavy atom. The first kappa shape index (κ1) is 18.2. The highest BCUT2D eigenvalue weighted by Crippen LogP contribution is 2.38. The number of hydrogen-bond donors (Lipinski definition) is 2. The molecule has 2 aromatic rings. The van der Waals surface area contributed by atoms with Crippen LogP contribution in [0.25, 0.3) is 10.9 Å². The summed E-state index contributed by atoms with van der Waals surface area (Å²) in [6.45, 7) is 0. The van der Waals surface area contributed by atoms with E-state index in [4.69, 9.17) is 0 Å². The first-order chi connectivity index (χ1) is 11.2. The van der Waals surface area contributed by atoms with Crippen molar-refractivity contribution in [2.75, 3.05) is 0 Å². The lowest BCUT2D eigenvalue weighted by Crippen LogP contribution is -2.16. The van der Waals surface area contributed by atoms with Crippen LogP contribution in [0.3, 0.4) is 0 Å². The molecule has 1 heterocycles. The van der Waals surface area contributed by atoms with Gasteiger partial charge in [-0.15, -0.1) is 0 Å². The van der Waals surface area contributed by atoms with E-state index in [0.717, 1.165) is 0 Å². The normalized spacial score (nSPS) is 12.4. The van der Waals surface area contributed by atoms with Crippen LogP contribution in [0.4, 0.5) is 32.0 Å². The molecule has 13 heteroatoms. The van der Waals surface area contributed by atoms with Crippen LogP contribution in [0.15, 0.2) is 21.7 Å². The molecule has 0 bridgehead atoms. The number of aromatic amines is 1. The lowest BCUT2D eigenvalue weighted by Gasteiger charge is -2.13. The van der Waals surface area contributed by atoms with E-state index in [0.29, 0.717) is 0 Å². The minimum Gasteiger partial charge on any atom is -0.498 e. The molecular formula is C12H4F6N2O5. The van der Waals surface area contributed by atoms with Crippen LogP contribution in [0, 0.1) is 10.1 Å². The molecule has 25 heavy (non-hydrogen) atoms. The Hall–Kier alpha value is -3.12. The largest absolute Gasteiger partial charge is 0.498 e. The molecule has 2 N–H and O–H groups in total. The summed E-state index contributed by atoms with van der Waals surface area (Å²) in [5, 5.41) is 18.6. The number of aromatic hydroxyl groups is 1. The van der Waals surface area contributed by atoms with Gasteiger partial charge >= 0.3 is 18.0 Å². The van der Waals surface area contributed by atoms with Gasteiger partial charge in [0.2, 0.25) is 0 Å². The van der Waals surface area contributed by atoms with Crippen LogP contribution in [0.1, 0.15) is 11.1 Å². The van der Waals surface area contributed by atoms with Crippen LogP contribution in [0.5, 0.6) is 5.75 Å². The van der Waals surface area contributed by atoms with Crippen molar-refractivity contribution in [3.63, 3.8) is 0 Å². The van der Waals surface area contributed by atoms with Gasteiger partial charge in [-0.05, 0) is 12.1 Å². The van der Waals surface area contributed by atoms with Crippen molar-refractivity contribution >= 4 is 16.6 Å². The van der Waals surface area contributed by atoms with Gasteiger partial charge in [0, 0.05) is 0 Å². The Kier molecular flexibility index (Phi) is 3.98. The molecule has 0 saturated carbocycles. The summed E-state index contributed by atoms with van der Waals surface area (Å²) in [5.74, 6) is -1.83. The predicted molar refractivity (Wildman–Crippen MR) is 69.2 cm³/mol. The van der Waals surface area contributed by atoms with E-state index in [-0.39, 0.29) is 6.07 Å². The molecule has 0 aliphatic carbocycles. The molecule has 1 aromatic carbocycles. The van der Waals surface area contributed by atoms with Gasteiger partial charge < -0.3 is 10.1 Å². The molecule has 0 aliphatic rings. The monoisotopic (exact) mass is 370 g/mol. The number of halogens is 6. The molecule has 0 aliphatic heterocycles. The number of H-pyrrole nitrogens is 1. The van der Waals surface area contributed by atoms with Crippen molar-refractivity contribution in [3.8, 4) is 5.75 Å². The van der Waals surface area contributed by atoms with Crippen molar-refractivity contribution < 1.29 is 36.4 Å². The smallest absolute Gasteiger partial charge is 0.417 e. The maximum atomic E-state index is 13.1. The minimum atomic E-state index is -5.51. The summed E-state index contributed by atoms with van der Waals surface area (Å²) in [4.78, 5) is 34.2. The molecule has 0 atom stereocenters. The van der Waals surface area contributed by atoms with Crippen LogP contribution in [0.2, 0.25) is 0 Å². The van der Waals surface area contributed by atoms with Gasteiger partial charge in [-0.3, -0.25) is 19.7 Å². The Balaban J connectivity index is 3.26. The molecular weight excluding hydrogens is 366 g/mol. The predicted octanol–water partition coefficient (Wildman–Crippen LogP) is 2.54. The maximum absolute atomic E-state index is 13.1. The van der Waals surface area contributed by atoms with Crippen molar-refractivity contribution in [3.05, 3.63) is 54.0 Å². The number of nitrogens with zero attached hydrogens (tertiary/aromatic N) is 1. The fourth-order valence-electron chi connectivity index (χ4n) is 2.06. The van der Waals surface area contributed by atoms with Crippen LogP contribution in [-0.2, 0) is 12.4 Å². The lowest BCUT2D eigenvalue weighted by molar-refractivity contribution is -0.386. The Morgan fingerprint density at radius 2 is 1.60 bits per heavy atom. The third-order valence-electron chi connectivity index (χ3n) is 3.08. The van der Waals surface area contributed by atoms with Crippen LogP contribution in [-0.4, -0.2) is 15.0 Å². The first-order valence-electron chi connectivity index (χ1n) is 6.01. The van der Waals surface area contributed by atoms with Gasteiger partial charge in [-0.2, -0.15) is 26.3 Å². The van der Waals surface area contributed by atoms with E-state index < -0.39 is 67.8 Å². The van der Waals surface area contributed by atoms with E-state index in [1.807, 2.05) is 0 Å². The highest BCUT2D eigenvalue weighted by Gasteiger charge is 2.40. The van der Waals surface area contributed by atoms with Crippen molar-refractivity contribution in [1.82, 2.24) is 4.98 Å². The fourth-order valence-corrected chi connectivity index (χ4v) is 2.06. The molecule has 2 rings (SSSR count). The third kappa shape index (κ3) is 3.12. The molecule has 134 valence electrons. The number of nitro groups is 1. The molecule has 0 saturated heterocycles. The zero-order valence-corrected chi connectivity index (χ0v) is 11.4. The number of hydrogen-bond acceptors (Lipinski definition) is 5. The van der Waals surface area contributed by atoms with E-state index in [1.165, 1.54) is 4.98 Å². The van der Waals surface area contributed by atoms with Crippen molar-refractivity contribution in [2.45, 2.75) is 12.4 Å². The van der Waals surface area contributed by atoms with Gasteiger partial charge in [-0.25, -0.2) is 0 Å². The molecule has 0 amide bonds. The van der Waals surface area contributed by atoms with Gasteiger partial charge in [-0.1, -0.05) is 0 Å². The Bertz CT molecular complexity index is 1010. The Morgan fingerprint density at radius 3 is 2.04 bits per heavy atom. The van der Waals surface area contributed by atoms with E-state index >= 15 is 0 Å². The SMILES string of the molecule is O=c1[nH]c2cc(C(F)(F)F)cc(C(F)(F)F)c2c(=O)c([N+](=O)[O-])c1O. The minimum absolute atomic E-state index is 0.0105. The zero-order valence-electron chi connectivity index (χ0n) is 11.4. The van der Waals surface area contributed by atoms with E-state index in [9.17, 15) is 51.2 Å². The van der Waals surface area contributed by atoms with Gasteiger partial charge in [0.05, 0.1) is 27.0 Å². The molecule has 0 unspecified atom stereocenters. The van der Waals surface area contributed by atoms with Crippen molar-refractivity contribution in [2.24, 2.45) is 0 Å². The van der Waals surface area contributed by atoms with Crippen molar-refractivity contribution in [1.29, 1.82) is 0 Å². The summed E-state index contributed by atoms with van der Waals surface area (Å²) >= 11 is 0. The second-order valence-electron chi connectivity index (χ2n) is 4.68. The molecule has 7 nitrogen and oxygen atoms in total. The fraction of sp³-hybridized carbons (Fsp3) is 0.167. The number of nitrogens with one attached hydrogen (secondary N) is 1. The zero-order chi connectivity index (χ0) is 19.3. The van der Waals surface area contributed by atoms with E-state index in [1.54, 1.807) is 0 Å². The molecule has 0 fully saturated rings. The second-order valence-corrected chi connectivity index (χ2v) is 4.68. The maximum Gasteiger partial charge on any atom is 0.417 e. The summed E-state index contributed by atoms with van der Waals surface area (Å²) in [6.07, 6.45) is -10.8. The first-order valence-corrected chi connectivity index (χ1v) is 6.01. The van der Waals surface area contributed by atoms with Crippen LogP contribution >= 0.6 is 0 Å². The average Bonchev–Trinajstić information content (AvgIpc) is 2.52. The number of benzene rings is 1. The third-order valence-corrected chi connectivity index (χ3v) is 3.08. The molecule has 0 spiro atoms. The summed E-state index contributed by atoms with van der Waals surface area (Å²) in [5.41, 5.74) is -11.0. The second kappa shape index (κ2) is 5.46. The highest BCUT2D eigenvalue weighted by atomic mass is 19.4. The Labute approximate surface area is 131 Å². The topological polar surface area (TPSA) is 113 Å². The summed E-state index contributed by atoms with van der Waals surface area (Å²) in [6, 6.07) is -0.403.